The van der Waals surface area contributed by atoms with E-state index in [1.54, 1.807) is 0 Å². The monoisotopic (exact) mass is 1670 g/mol. The highest BCUT2D eigenvalue weighted by Gasteiger charge is 2.39. The predicted octanol–water partition coefficient (Wildman–Crippen LogP) is 29.6. The summed E-state index contributed by atoms with van der Waals surface area (Å²) in [4.78, 5) is 28.4. The highest BCUT2D eigenvalue weighted by molar-refractivity contribution is 5.91. The number of hydrogen-bond donors (Lipinski definition) is 0. The van der Waals surface area contributed by atoms with Gasteiger partial charge in [-0.3, -0.25) is 0 Å². The van der Waals surface area contributed by atoms with Crippen molar-refractivity contribution in [3.8, 4) is 0 Å². The number of rotatable bonds is 12. The van der Waals surface area contributed by atoms with Gasteiger partial charge in [0.25, 0.3) is 0 Å². The summed E-state index contributed by atoms with van der Waals surface area (Å²) in [7, 11) is 4.25. The van der Waals surface area contributed by atoms with Crippen LogP contribution in [0.25, 0.3) is 0 Å². The summed E-state index contributed by atoms with van der Waals surface area (Å²) in [5, 5.41) is 0. The summed E-state index contributed by atoms with van der Waals surface area (Å²) in [6, 6.07) is 114. The van der Waals surface area contributed by atoms with Crippen LogP contribution in [-0.2, 0) is 5.41 Å². The normalized spacial score (nSPS) is 17.6. The quantitative estimate of drug-likeness (QED) is 0.117. The number of anilines is 16. The molecule has 19 rings (SSSR count). The lowest BCUT2D eigenvalue weighted by Crippen LogP contribution is -2.37. The first-order valence-electron chi connectivity index (χ1n) is 45.1. The Labute approximate surface area is 753 Å². The van der Waals surface area contributed by atoms with Gasteiger partial charge in [0.1, 0.15) is 37.0 Å². The molecule has 0 radical (unpaired) electrons. The zero-order valence-electron chi connectivity index (χ0n) is 78.0. The first-order chi connectivity index (χ1) is 60.7. The number of aryl methyl sites for hydroxylation is 6. The van der Waals surface area contributed by atoms with E-state index < -0.39 is 0 Å². The van der Waals surface area contributed by atoms with Crippen LogP contribution in [-0.4, -0.2) is 56.0 Å². The number of benzene rings is 13. The molecule has 126 heavy (non-hydrogen) atoms. The van der Waals surface area contributed by atoms with E-state index in [1.165, 1.54) is 141 Å². The average Bonchev–Trinajstić information content (AvgIpc) is 1.60. The molecule has 12 heteroatoms. The van der Waals surface area contributed by atoms with E-state index in [-0.39, 0.29) is 23.9 Å². The van der Waals surface area contributed by atoms with Gasteiger partial charge >= 0.3 is 0 Å². The van der Waals surface area contributed by atoms with Crippen LogP contribution in [0.4, 0.5) is 91.0 Å². The van der Waals surface area contributed by atoms with E-state index in [4.69, 9.17) is 0 Å². The minimum Gasteiger partial charge on any atom is -0.359 e. The van der Waals surface area contributed by atoms with Crippen molar-refractivity contribution in [2.24, 2.45) is 0 Å². The molecule has 12 nitrogen and oxygen atoms in total. The van der Waals surface area contributed by atoms with Crippen LogP contribution in [0.15, 0.2) is 359 Å². The van der Waals surface area contributed by atoms with Crippen LogP contribution in [0, 0.1) is 41.5 Å². The summed E-state index contributed by atoms with van der Waals surface area (Å²) in [6.45, 7) is 42.5. The number of fused-ring (bicyclic) bond motifs is 3. The van der Waals surface area contributed by atoms with Crippen LogP contribution in [0.1, 0.15) is 152 Å². The lowest BCUT2D eigenvalue weighted by molar-refractivity contribution is 0.383. The topological polar surface area (TPSA) is 38.9 Å². The van der Waals surface area contributed by atoms with Gasteiger partial charge < -0.3 is 58.8 Å². The van der Waals surface area contributed by atoms with Gasteiger partial charge in [-0.25, -0.2) is 0 Å². The largest absolute Gasteiger partial charge is 0.359 e. The molecule has 0 aliphatic carbocycles. The second-order valence-corrected chi connectivity index (χ2v) is 35.6. The summed E-state index contributed by atoms with van der Waals surface area (Å²) in [5.41, 5.74) is 32.6. The van der Waals surface area contributed by atoms with Crippen molar-refractivity contribution >= 4 is 91.0 Å². The molecule has 6 unspecified atom stereocenters. The fraction of sp³-hybridized carbons (Fsp3) is 0.263. The predicted molar refractivity (Wildman–Crippen MR) is 542 cm³/mol. The summed E-state index contributed by atoms with van der Waals surface area (Å²) in [5.74, 6) is 1.00. The number of nitrogens with zero attached hydrogens (tertiary/aromatic N) is 12. The maximum absolute atomic E-state index is 2.48. The molecular formula is C114H130N12. The SMILES string of the molecule is Cc1ccccc1N1C=CN(C)C1C.Cc1ccccc1N1C=CN(c2c(C(C)C)cccc2C(C)C)C1C.Cc1ccccc1N1C=CN(c2ccccc2)C1C.Cc1ccccc1N1c2cc(C(C)(C)C)ccc2N(c2ccccc2)C1C.Cc1ccccc1N1c2ccccc2N(C)C1C.Cc1ccccc1N1c2ccccc2N(c2ccccc2)C1C. The van der Waals surface area contributed by atoms with Gasteiger partial charge in [0.05, 0.1) is 34.1 Å². The molecule has 0 saturated carbocycles. The molecule has 13 aromatic rings. The maximum Gasteiger partial charge on any atom is 0.108 e. The summed E-state index contributed by atoms with van der Waals surface area (Å²) in [6.07, 6.45) is 14.8. The fourth-order valence-corrected chi connectivity index (χ4v) is 18.3. The van der Waals surface area contributed by atoms with Crippen molar-refractivity contribution in [1.29, 1.82) is 0 Å². The lowest BCUT2D eigenvalue weighted by Gasteiger charge is -2.34. The second-order valence-electron chi connectivity index (χ2n) is 35.6. The maximum atomic E-state index is 2.48. The van der Waals surface area contributed by atoms with E-state index in [9.17, 15) is 0 Å². The first kappa shape index (κ1) is 89.0. The van der Waals surface area contributed by atoms with Gasteiger partial charge in [0.2, 0.25) is 0 Å². The molecular weight excluding hydrogens is 1540 g/mol. The van der Waals surface area contributed by atoms with Gasteiger partial charge in [-0.15, -0.1) is 0 Å². The third kappa shape index (κ3) is 18.7. The fourth-order valence-electron chi connectivity index (χ4n) is 18.3. The van der Waals surface area contributed by atoms with Crippen molar-refractivity contribution < 1.29 is 0 Å². The highest BCUT2D eigenvalue weighted by Crippen LogP contribution is 2.52. The van der Waals surface area contributed by atoms with E-state index in [2.05, 4.69) is 557 Å². The highest BCUT2D eigenvalue weighted by atomic mass is 15.4. The summed E-state index contributed by atoms with van der Waals surface area (Å²) < 4.78 is 0. The molecule has 13 aromatic carbocycles. The zero-order valence-corrected chi connectivity index (χ0v) is 78.0. The molecule has 6 heterocycles. The van der Waals surface area contributed by atoms with E-state index in [0.29, 0.717) is 30.3 Å². The van der Waals surface area contributed by atoms with Crippen molar-refractivity contribution in [2.75, 3.05) is 68.0 Å². The molecule has 6 aliphatic rings. The van der Waals surface area contributed by atoms with Crippen molar-refractivity contribution in [3.05, 3.63) is 409 Å². The molecule has 6 atom stereocenters. The van der Waals surface area contributed by atoms with Crippen LogP contribution >= 0.6 is 0 Å². The minimum atomic E-state index is 0.121. The Hall–Kier alpha value is -13.3. The van der Waals surface area contributed by atoms with Crippen LogP contribution in [0.5, 0.6) is 0 Å². The molecule has 0 fully saturated rings. The van der Waals surface area contributed by atoms with Gasteiger partial charge in [-0.1, -0.05) is 261 Å². The van der Waals surface area contributed by atoms with Gasteiger partial charge in [-0.2, -0.15) is 0 Å². The van der Waals surface area contributed by atoms with Crippen LogP contribution in [0.3, 0.4) is 0 Å². The van der Waals surface area contributed by atoms with E-state index >= 15 is 0 Å². The second kappa shape index (κ2) is 39.3. The molecule has 0 amide bonds. The Balaban J connectivity index is 0.000000124. The zero-order chi connectivity index (χ0) is 89.2. The van der Waals surface area contributed by atoms with Crippen LogP contribution < -0.4 is 53.9 Å². The average molecular weight is 1670 g/mol. The van der Waals surface area contributed by atoms with Crippen molar-refractivity contribution in [1.82, 2.24) is 4.90 Å². The molecule has 0 spiro atoms. The molecule has 0 saturated heterocycles. The van der Waals surface area contributed by atoms with Crippen molar-refractivity contribution in [3.63, 3.8) is 0 Å². The Bertz CT molecular complexity index is 5880. The lowest BCUT2D eigenvalue weighted by atomic mass is 9.86. The first-order valence-corrected chi connectivity index (χ1v) is 45.1. The molecule has 646 valence electrons. The van der Waals surface area contributed by atoms with E-state index in [1.807, 2.05) is 6.07 Å². The molecule has 0 N–H and O–H groups in total. The summed E-state index contributed by atoms with van der Waals surface area (Å²) >= 11 is 0. The number of para-hydroxylation sites is 14. The van der Waals surface area contributed by atoms with Crippen molar-refractivity contribution in [2.45, 2.75) is 186 Å². The van der Waals surface area contributed by atoms with Crippen LogP contribution in [0.2, 0.25) is 0 Å². The van der Waals surface area contributed by atoms with Gasteiger partial charge in [0.15, 0.2) is 0 Å². The van der Waals surface area contributed by atoms with Gasteiger partial charge in [-0.05, 0) is 260 Å². The Morgan fingerprint density at radius 1 is 0.230 bits per heavy atom. The Kier molecular flexibility index (Phi) is 27.7. The Morgan fingerprint density at radius 2 is 0.516 bits per heavy atom. The molecule has 6 aliphatic heterocycles. The van der Waals surface area contributed by atoms with E-state index in [0.717, 1.165) is 0 Å². The molecule has 0 bridgehead atoms. The standard InChI is InChI=1S/C25H28N2.C23H30N2.C21H20N2.C17H18N2.C16H18N2.C12H16N2/c1-18-11-9-10-14-22(18)27-19(2)26(21-12-7-6-8-13-21)23-16-15-20(17-24(23)27)25(3,4)5;1-16(2)20-11-9-12-21(17(3)4)23(20)25-15-14-24(19(25)6)22-13-8-7-10-18(22)5;1-16-10-6-7-13-19(16)23-17(2)22(18-11-4-3-5-12-18)20-14-8-9-15-21(20)23;1-14-8-6-7-11-17(14)19-13-12-18(15(19)2)16-9-4-3-5-10-16;1-12-8-4-5-9-14(12)18-13(2)17(3)15-10-6-7-11-16(15)18;1-10-6-4-5-7-12(10)14-9-8-13(3)11(14)2/h6-17,19H,1-5H3;7-17,19H,1-6H3;3-15,17H,1-2H3;3-13,15H,1-2H3;4-11,13H,1-3H3;4-9,11H,1-3H3. The Morgan fingerprint density at radius 3 is 0.889 bits per heavy atom. The molecule has 0 aromatic heterocycles. The third-order valence-corrected chi connectivity index (χ3v) is 25.6. The van der Waals surface area contributed by atoms with Gasteiger partial charge in [0, 0.05) is 108 Å². The smallest absolute Gasteiger partial charge is 0.108 e. The minimum absolute atomic E-state index is 0.121. The number of hydrogen-bond acceptors (Lipinski definition) is 12. The third-order valence-electron chi connectivity index (χ3n) is 25.6.